The van der Waals surface area contributed by atoms with Crippen LogP contribution in [0.15, 0.2) is 34.3 Å². The average molecular weight is 350 g/mol. The van der Waals surface area contributed by atoms with Gasteiger partial charge in [0.15, 0.2) is 0 Å². The molecule has 132 valence electrons. The van der Waals surface area contributed by atoms with Crippen molar-refractivity contribution in [2.24, 2.45) is 16.9 Å². The van der Waals surface area contributed by atoms with Crippen LogP contribution in [0.25, 0.3) is 0 Å². The Bertz CT molecular complexity index is 683. The van der Waals surface area contributed by atoms with Crippen molar-refractivity contribution in [1.82, 2.24) is 4.83 Å². The highest BCUT2D eigenvalue weighted by molar-refractivity contribution is 7.89. The molecular weight excluding hydrogens is 324 g/mol. The molecule has 2 fully saturated rings. The van der Waals surface area contributed by atoms with E-state index in [4.69, 9.17) is 4.74 Å². The van der Waals surface area contributed by atoms with Crippen molar-refractivity contribution in [1.29, 1.82) is 0 Å². The molecule has 1 N–H and O–H groups in total. The summed E-state index contributed by atoms with van der Waals surface area (Å²) in [4.78, 5) is 2.62. The molecule has 2 saturated carbocycles. The number of rotatable bonds is 5. The summed E-state index contributed by atoms with van der Waals surface area (Å²) in [5, 5.41) is 4.23. The van der Waals surface area contributed by atoms with Crippen molar-refractivity contribution in [3.63, 3.8) is 0 Å². The smallest absolute Gasteiger partial charge is 0.276 e. The van der Waals surface area contributed by atoms with Crippen LogP contribution < -0.4 is 9.57 Å². The van der Waals surface area contributed by atoms with Crippen LogP contribution in [-0.4, -0.2) is 20.7 Å². The average Bonchev–Trinajstić information content (AvgIpc) is 2.61. The maximum atomic E-state index is 12.4. The van der Waals surface area contributed by atoms with Gasteiger partial charge in [0.25, 0.3) is 10.0 Å². The second-order valence-corrected chi connectivity index (χ2v) is 8.39. The van der Waals surface area contributed by atoms with Gasteiger partial charge in [-0.15, -0.1) is 0 Å². The van der Waals surface area contributed by atoms with E-state index in [-0.39, 0.29) is 4.90 Å². The molecule has 5 nitrogen and oxygen atoms in total. The Labute approximate surface area is 144 Å². The first-order chi connectivity index (χ1) is 11.6. The fraction of sp³-hybridized carbons (Fsp3) is 0.611. The molecule has 1 aromatic rings. The number of ether oxygens (including phenoxy) is 1. The van der Waals surface area contributed by atoms with E-state index in [1.807, 2.05) is 6.92 Å². The summed E-state index contributed by atoms with van der Waals surface area (Å²) < 4.78 is 30.1. The molecule has 0 unspecified atom stereocenters. The van der Waals surface area contributed by atoms with Crippen LogP contribution in [0.3, 0.4) is 0 Å². The Hall–Kier alpha value is -1.56. The summed E-state index contributed by atoms with van der Waals surface area (Å²) in [7, 11) is -3.61. The van der Waals surface area contributed by atoms with Crippen LogP contribution in [0, 0.1) is 11.8 Å². The predicted octanol–water partition coefficient (Wildman–Crippen LogP) is 3.71. The van der Waals surface area contributed by atoms with Gasteiger partial charge >= 0.3 is 0 Å². The monoisotopic (exact) mass is 350 g/mol. The number of benzene rings is 1. The minimum absolute atomic E-state index is 0.210. The molecule has 6 heteroatoms. The second-order valence-electron chi connectivity index (χ2n) is 6.72. The van der Waals surface area contributed by atoms with Crippen LogP contribution >= 0.6 is 0 Å². The molecule has 0 aliphatic heterocycles. The van der Waals surface area contributed by atoms with Gasteiger partial charge in [0.2, 0.25) is 0 Å². The minimum Gasteiger partial charge on any atom is -0.494 e. The number of hydrogen-bond donors (Lipinski definition) is 1. The summed E-state index contributed by atoms with van der Waals surface area (Å²) in [5.74, 6) is 2.18. The van der Waals surface area contributed by atoms with Crippen molar-refractivity contribution in [2.45, 2.75) is 56.8 Å². The zero-order valence-corrected chi connectivity index (χ0v) is 15.0. The fourth-order valence-corrected chi connectivity index (χ4v) is 4.70. The van der Waals surface area contributed by atoms with Gasteiger partial charge in [0, 0.05) is 5.71 Å². The van der Waals surface area contributed by atoms with Gasteiger partial charge in [-0.3, -0.25) is 0 Å². The van der Waals surface area contributed by atoms with E-state index in [1.165, 1.54) is 25.7 Å². The number of sulfonamides is 1. The molecule has 2 aliphatic carbocycles. The lowest BCUT2D eigenvalue weighted by Gasteiger charge is -2.35. The lowest BCUT2D eigenvalue weighted by Crippen LogP contribution is -2.29. The molecular formula is C18H26N2O3S. The maximum Gasteiger partial charge on any atom is 0.276 e. The Balaban J connectivity index is 1.63. The highest BCUT2D eigenvalue weighted by atomic mass is 32.2. The molecule has 24 heavy (non-hydrogen) atoms. The van der Waals surface area contributed by atoms with Gasteiger partial charge in [0.1, 0.15) is 5.75 Å². The molecule has 3 rings (SSSR count). The molecule has 0 spiro atoms. The predicted molar refractivity (Wildman–Crippen MR) is 94.7 cm³/mol. The van der Waals surface area contributed by atoms with Gasteiger partial charge < -0.3 is 4.74 Å². The largest absolute Gasteiger partial charge is 0.494 e. The fourth-order valence-electron chi connectivity index (χ4n) is 3.85. The third kappa shape index (κ3) is 4.09. The highest BCUT2D eigenvalue weighted by Gasteiger charge is 2.30. The van der Waals surface area contributed by atoms with Gasteiger partial charge in [-0.2, -0.15) is 13.5 Å². The quantitative estimate of drug-likeness (QED) is 0.823. The van der Waals surface area contributed by atoms with E-state index >= 15 is 0 Å². The van der Waals surface area contributed by atoms with Gasteiger partial charge in [-0.05, 0) is 68.7 Å². The highest BCUT2D eigenvalue weighted by Crippen LogP contribution is 2.39. The minimum atomic E-state index is -3.61. The second kappa shape index (κ2) is 7.55. The topological polar surface area (TPSA) is 67.8 Å². The summed E-state index contributed by atoms with van der Waals surface area (Å²) in [6, 6.07) is 6.42. The number of nitrogens with zero attached hydrogens (tertiary/aromatic N) is 1. The van der Waals surface area contributed by atoms with Crippen molar-refractivity contribution < 1.29 is 13.2 Å². The number of fused-ring (bicyclic) bond motifs is 1. The van der Waals surface area contributed by atoms with Crippen molar-refractivity contribution in [2.75, 3.05) is 6.61 Å². The molecule has 1 aromatic carbocycles. The normalized spacial score (nSPS) is 26.0. The maximum absolute atomic E-state index is 12.4. The van der Waals surface area contributed by atoms with E-state index in [1.54, 1.807) is 24.3 Å². The zero-order valence-electron chi connectivity index (χ0n) is 14.2. The first-order valence-corrected chi connectivity index (χ1v) is 10.4. The van der Waals surface area contributed by atoms with E-state index < -0.39 is 10.0 Å². The van der Waals surface area contributed by atoms with E-state index in [0.29, 0.717) is 18.3 Å². The first kappa shape index (κ1) is 17.3. The summed E-state index contributed by atoms with van der Waals surface area (Å²) in [5.41, 5.74) is 0.993. The Kier molecular flexibility index (Phi) is 5.43. The number of hydrogen-bond acceptors (Lipinski definition) is 4. The molecule has 0 amide bonds. The summed E-state index contributed by atoms with van der Waals surface area (Å²) in [6.45, 7) is 2.45. The van der Waals surface area contributed by atoms with Crippen molar-refractivity contribution in [3.05, 3.63) is 24.3 Å². The third-order valence-electron chi connectivity index (χ3n) is 5.14. The SMILES string of the molecule is CCOc1ccc(S(=O)(=O)N/N=C2\CC[C@@H]3CCCC[C@H]3C2)cc1. The summed E-state index contributed by atoms with van der Waals surface area (Å²) >= 11 is 0. The molecule has 2 atom stereocenters. The summed E-state index contributed by atoms with van der Waals surface area (Å²) in [6.07, 6.45) is 8.23. The van der Waals surface area contributed by atoms with Gasteiger partial charge in [0.05, 0.1) is 11.5 Å². The van der Waals surface area contributed by atoms with E-state index in [9.17, 15) is 8.42 Å². The van der Waals surface area contributed by atoms with Crippen molar-refractivity contribution >= 4 is 15.7 Å². The molecule has 2 aliphatic rings. The van der Waals surface area contributed by atoms with E-state index in [2.05, 4.69) is 9.93 Å². The molecule has 0 radical (unpaired) electrons. The Morgan fingerprint density at radius 3 is 2.54 bits per heavy atom. The van der Waals surface area contributed by atoms with Crippen LogP contribution in [0.5, 0.6) is 5.75 Å². The number of hydrazone groups is 1. The molecule has 0 bridgehead atoms. The van der Waals surface area contributed by atoms with Crippen LogP contribution in [0.2, 0.25) is 0 Å². The number of nitrogens with one attached hydrogen (secondary N) is 1. The van der Waals surface area contributed by atoms with Crippen LogP contribution in [0.1, 0.15) is 51.9 Å². The third-order valence-corrected chi connectivity index (χ3v) is 6.36. The first-order valence-electron chi connectivity index (χ1n) is 8.88. The Morgan fingerprint density at radius 1 is 1.12 bits per heavy atom. The van der Waals surface area contributed by atoms with Crippen LogP contribution in [0.4, 0.5) is 0 Å². The lowest BCUT2D eigenvalue weighted by molar-refractivity contribution is 0.218. The van der Waals surface area contributed by atoms with Gasteiger partial charge in [-0.25, -0.2) is 4.83 Å². The Morgan fingerprint density at radius 2 is 1.83 bits per heavy atom. The molecule has 0 aromatic heterocycles. The molecule has 0 saturated heterocycles. The van der Waals surface area contributed by atoms with Crippen molar-refractivity contribution in [3.8, 4) is 5.75 Å². The van der Waals surface area contributed by atoms with E-state index in [0.717, 1.165) is 30.9 Å². The van der Waals surface area contributed by atoms with Crippen LogP contribution in [-0.2, 0) is 10.0 Å². The lowest BCUT2D eigenvalue weighted by atomic mass is 9.70. The standard InChI is InChI=1S/C18H26N2O3S/c1-2-23-17-9-11-18(12-10-17)24(21,22)20-19-16-8-7-14-5-3-4-6-15(14)13-16/h9-12,14-15,20H,2-8,13H2,1H3/b19-16+/t14-,15-/m0/s1. The molecule has 0 heterocycles. The van der Waals surface area contributed by atoms with Gasteiger partial charge in [-0.1, -0.05) is 19.3 Å². The zero-order chi connectivity index (χ0) is 17.0.